The summed E-state index contributed by atoms with van der Waals surface area (Å²) < 4.78 is 0. The lowest BCUT2D eigenvalue weighted by atomic mass is 10.1. The molecule has 2 aromatic heterocycles. The van der Waals surface area contributed by atoms with Gasteiger partial charge in [-0.3, -0.25) is 4.79 Å². The minimum atomic E-state index is -0.323. The molecule has 0 aliphatic rings. The number of hydrogen-bond donors (Lipinski definition) is 3. The first-order valence-corrected chi connectivity index (χ1v) is 10.1. The summed E-state index contributed by atoms with van der Waals surface area (Å²) in [7, 11) is 0. The number of nitriles is 1. The maximum atomic E-state index is 12.8. The van der Waals surface area contributed by atoms with E-state index >= 15 is 0 Å². The third-order valence-corrected chi connectivity index (χ3v) is 5.39. The second-order valence-electron chi connectivity index (χ2n) is 7.24. The van der Waals surface area contributed by atoms with E-state index in [1.54, 1.807) is 29.3 Å². The summed E-state index contributed by atoms with van der Waals surface area (Å²) >= 11 is 6.07. The largest absolute Gasteiger partial charge is 0.376 e. The number of aryl methyl sites for hydroxylation is 1. The van der Waals surface area contributed by atoms with E-state index in [2.05, 4.69) is 21.0 Å². The molecule has 0 aliphatic carbocycles. The highest BCUT2D eigenvalue weighted by Crippen LogP contribution is 2.28. The number of aliphatic hydroxyl groups excluding tert-OH is 1. The average molecular weight is 434 g/mol. The van der Waals surface area contributed by atoms with Crippen LogP contribution in [0.5, 0.6) is 0 Å². The maximum absolute atomic E-state index is 12.8. The molecular formula is C23H20ClN5O2. The molecule has 156 valence electrons. The second-order valence-corrected chi connectivity index (χ2v) is 7.67. The Hall–Kier alpha value is -3.60. The number of benzene rings is 2. The highest BCUT2D eigenvalue weighted by atomic mass is 35.5. The molecule has 0 spiro atoms. The van der Waals surface area contributed by atoms with Crippen molar-refractivity contribution in [1.29, 1.82) is 5.26 Å². The van der Waals surface area contributed by atoms with E-state index in [1.807, 2.05) is 31.2 Å². The van der Waals surface area contributed by atoms with Crippen LogP contribution in [-0.2, 0) is 6.42 Å². The molecule has 0 saturated carbocycles. The summed E-state index contributed by atoms with van der Waals surface area (Å²) in [4.78, 5) is 24.9. The Morgan fingerprint density at radius 3 is 2.84 bits per heavy atom. The number of aromatic amines is 2. The first kappa shape index (κ1) is 20.7. The van der Waals surface area contributed by atoms with Crippen LogP contribution in [0, 0.1) is 18.3 Å². The van der Waals surface area contributed by atoms with E-state index in [0.29, 0.717) is 51.7 Å². The Labute approximate surface area is 183 Å². The predicted octanol–water partition coefficient (Wildman–Crippen LogP) is 3.75. The number of hydrogen-bond acceptors (Lipinski definition) is 5. The van der Waals surface area contributed by atoms with Crippen molar-refractivity contribution in [3.8, 4) is 17.5 Å². The van der Waals surface area contributed by atoms with E-state index < -0.39 is 0 Å². The molecule has 2 heterocycles. The number of nitrogens with zero attached hydrogens (tertiary/aromatic N) is 3. The highest BCUT2D eigenvalue weighted by Gasteiger charge is 2.19. The van der Waals surface area contributed by atoms with Gasteiger partial charge in [-0.15, -0.1) is 0 Å². The molecule has 0 unspecified atom stereocenters. The summed E-state index contributed by atoms with van der Waals surface area (Å²) in [6, 6.07) is 14.9. The summed E-state index contributed by atoms with van der Waals surface area (Å²) in [6.07, 6.45) is 2.18. The molecule has 0 amide bonds. The van der Waals surface area contributed by atoms with E-state index in [0.717, 1.165) is 11.1 Å². The van der Waals surface area contributed by atoms with Crippen molar-refractivity contribution in [1.82, 2.24) is 15.0 Å². The van der Waals surface area contributed by atoms with Gasteiger partial charge in [0.15, 0.2) is 0 Å². The van der Waals surface area contributed by atoms with Crippen LogP contribution in [0.25, 0.3) is 22.4 Å². The summed E-state index contributed by atoms with van der Waals surface area (Å²) in [5.41, 5.74) is 4.32. The van der Waals surface area contributed by atoms with Crippen LogP contribution in [0.2, 0.25) is 5.02 Å². The van der Waals surface area contributed by atoms with Crippen LogP contribution in [0.4, 0.5) is 5.69 Å². The topological polar surface area (TPSA) is 109 Å². The van der Waals surface area contributed by atoms with E-state index in [-0.39, 0.29) is 12.3 Å². The summed E-state index contributed by atoms with van der Waals surface area (Å²) in [6.45, 7) is 2.08. The van der Waals surface area contributed by atoms with Gasteiger partial charge in [0.25, 0.3) is 5.56 Å². The number of rotatable bonds is 6. The Bertz CT molecular complexity index is 1350. The smallest absolute Gasteiger partial charge is 0.261 e. The fraction of sp³-hybridized carbons (Fsp3) is 0.174. The molecule has 2 aromatic carbocycles. The zero-order valence-corrected chi connectivity index (χ0v) is 17.6. The van der Waals surface area contributed by atoms with Gasteiger partial charge in [0.05, 0.1) is 28.4 Å². The molecule has 0 bridgehead atoms. The molecule has 8 heteroatoms. The van der Waals surface area contributed by atoms with E-state index in [4.69, 9.17) is 11.6 Å². The maximum Gasteiger partial charge on any atom is 0.261 e. The quantitative estimate of drug-likeness (QED) is 0.401. The molecule has 0 aliphatic heterocycles. The highest BCUT2D eigenvalue weighted by molar-refractivity contribution is 6.30. The number of halogens is 1. The summed E-state index contributed by atoms with van der Waals surface area (Å²) in [5, 5.41) is 19.9. The van der Waals surface area contributed by atoms with Crippen molar-refractivity contribution in [3.63, 3.8) is 0 Å². The minimum Gasteiger partial charge on any atom is -0.376 e. The van der Waals surface area contributed by atoms with Gasteiger partial charge in [0.2, 0.25) is 0 Å². The SMILES string of the molecule is Cc1cc(C#N)cc2[nH]c(-c3c(N(CO)CCc4cccc(Cl)c4)cc[nH]c3=O)nc12. The minimum absolute atomic E-state index is 0.269. The van der Waals surface area contributed by atoms with Crippen LogP contribution in [0.3, 0.4) is 0 Å². The first-order chi connectivity index (χ1) is 15.0. The molecule has 0 radical (unpaired) electrons. The van der Waals surface area contributed by atoms with Gasteiger partial charge >= 0.3 is 0 Å². The molecule has 3 N–H and O–H groups in total. The molecule has 0 atom stereocenters. The van der Waals surface area contributed by atoms with Crippen LogP contribution in [0.1, 0.15) is 16.7 Å². The van der Waals surface area contributed by atoms with Crippen LogP contribution >= 0.6 is 11.6 Å². The fourth-order valence-corrected chi connectivity index (χ4v) is 3.87. The molecule has 7 nitrogen and oxygen atoms in total. The molecule has 4 rings (SSSR count). The van der Waals surface area contributed by atoms with Gasteiger partial charge in [0.1, 0.15) is 18.1 Å². The van der Waals surface area contributed by atoms with Gasteiger partial charge in [-0.05, 0) is 54.8 Å². The molecular weight excluding hydrogens is 414 g/mol. The van der Waals surface area contributed by atoms with E-state index in [9.17, 15) is 15.2 Å². The number of H-pyrrole nitrogens is 2. The Morgan fingerprint density at radius 1 is 1.26 bits per heavy atom. The normalized spacial score (nSPS) is 10.9. The lowest BCUT2D eigenvalue weighted by Gasteiger charge is -2.24. The number of anilines is 1. The van der Waals surface area contributed by atoms with Crippen molar-refractivity contribution in [2.75, 3.05) is 18.2 Å². The third kappa shape index (κ3) is 4.17. The molecule has 0 fully saturated rings. The van der Waals surface area contributed by atoms with Crippen molar-refractivity contribution < 1.29 is 5.11 Å². The predicted molar refractivity (Wildman–Crippen MR) is 121 cm³/mol. The van der Waals surface area contributed by atoms with Gasteiger partial charge in [-0.2, -0.15) is 5.26 Å². The molecule has 31 heavy (non-hydrogen) atoms. The van der Waals surface area contributed by atoms with Crippen LogP contribution in [-0.4, -0.2) is 33.3 Å². The lowest BCUT2D eigenvalue weighted by Crippen LogP contribution is -2.29. The third-order valence-electron chi connectivity index (χ3n) is 5.15. The standard InChI is InChI=1S/C23H20ClN5O2/c1-14-9-16(12-25)11-18-21(14)28-22(27-18)20-19(5-7-26-23(20)31)29(13-30)8-6-15-3-2-4-17(24)10-15/h2-5,7,9-11,30H,6,8,13H2,1H3,(H,26,31)(H,27,28). The zero-order chi connectivity index (χ0) is 22.0. The van der Waals surface area contributed by atoms with Gasteiger partial charge < -0.3 is 20.0 Å². The monoisotopic (exact) mass is 433 g/mol. The summed E-state index contributed by atoms with van der Waals surface area (Å²) in [5.74, 6) is 0.381. The van der Waals surface area contributed by atoms with Crippen molar-refractivity contribution in [3.05, 3.63) is 80.7 Å². The van der Waals surface area contributed by atoms with Gasteiger partial charge in [-0.1, -0.05) is 23.7 Å². The van der Waals surface area contributed by atoms with E-state index in [1.165, 1.54) is 0 Å². The average Bonchev–Trinajstić information content (AvgIpc) is 3.18. The number of pyridine rings is 1. The van der Waals surface area contributed by atoms with Crippen LogP contribution in [0.15, 0.2) is 53.5 Å². The van der Waals surface area contributed by atoms with Crippen molar-refractivity contribution in [2.45, 2.75) is 13.3 Å². The van der Waals surface area contributed by atoms with Crippen LogP contribution < -0.4 is 10.5 Å². The number of nitrogens with one attached hydrogen (secondary N) is 2. The second kappa shape index (κ2) is 8.64. The van der Waals surface area contributed by atoms with Gasteiger partial charge in [-0.25, -0.2) is 4.98 Å². The Balaban J connectivity index is 1.74. The Morgan fingerprint density at radius 2 is 2.10 bits per heavy atom. The number of fused-ring (bicyclic) bond motifs is 1. The van der Waals surface area contributed by atoms with Crippen molar-refractivity contribution >= 4 is 28.3 Å². The lowest BCUT2D eigenvalue weighted by molar-refractivity contribution is 0.291. The first-order valence-electron chi connectivity index (χ1n) is 9.73. The molecule has 0 saturated heterocycles. The number of aliphatic hydroxyl groups is 1. The van der Waals surface area contributed by atoms with Gasteiger partial charge in [0, 0.05) is 17.8 Å². The number of aromatic nitrogens is 3. The van der Waals surface area contributed by atoms with Crippen molar-refractivity contribution in [2.24, 2.45) is 0 Å². The zero-order valence-electron chi connectivity index (χ0n) is 16.8. The number of imidazole rings is 1. The fourth-order valence-electron chi connectivity index (χ4n) is 3.66. The molecule has 4 aromatic rings. The Kier molecular flexibility index (Phi) is 5.76.